The number of fused-ring (bicyclic) bond motifs is 1. The lowest BCUT2D eigenvalue weighted by Crippen LogP contribution is -2.11. The van der Waals surface area contributed by atoms with E-state index >= 15 is 0 Å². The van der Waals surface area contributed by atoms with Gasteiger partial charge in [-0.3, -0.25) is 0 Å². The van der Waals surface area contributed by atoms with Crippen LogP contribution in [0.3, 0.4) is 0 Å². The summed E-state index contributed by atoms with van der Waals surface area (Å²) in [5.74, 6) is 0.571. The quantitative estimate of drug-likeness (QED) is 0.645. The van der Waals surface area contributed by atoms with Crippen LogP contribution in [-0.2, 0) is 9.47 Å². The van der Waals surface area contributed by atoms with Crippen LogP contribution in [0.2, 0.25) is 0 Å². The van der Waals surface area contributed by atoms with E-state index in [9.17, 15) is 4.39 Å². The topological polar surface area (TPSA) is 40.6 Å². The van der Waals surface area contributed by atoms with E-state index in [0.717, 1.165) is 15.4 Å². The minimum absolute atomic E-state index is 0.122. The van der Waals surface area contributed by atoms with Crippen LogP contribution in [0, 0.1) is 0 Å². The number of ether oxygens (including phenoxy) is 3. The molecule has 21 heavy (non-hydrogen) atoms. The molecule has 4 nitrogen and oxygen atoms in total. The summed E-state index contributed by atoms with van der Waals surface area (Å²) < 4.78 is 28.5. The third kappa shape index (κ3) is 5.57. The Hall–Kier alpha value is -1.24. The van der Waals surface area contributed by atoms with Gasteiger partial charge in [-0.1, -0.05) is 15.9 Å². The lowest BCUT2D eigenvalue weighted by molar-refractivity contribution is 0.0321. The average Bonchev–Trinajstić information content (AvgIpc) is 2.50. The molecular formula is C15H17BrFNO3. The van der Waals surface area contributed by atoms with Gasteiger partial charge in [0.15, 0.2) is 0 Å². The second-order valence-electron chi connectivity index (χ2n) is 4.25. The van der Waals surface area contributed by atoms with Crippen LogP contribution in [0.4, 0.5) is 4.39 Å². The van der Waals surface area contributed by atoms with Crippen LogP contribution in [0.5, 0.6) is 5.88 Å². The van der Waals surface area contributed by atoms with Gasteiger partial charge >= 0.3 is 0 Å². The molecule has 2 aromatic rings. The summed E-state index contributed by atoms with van der Waals surface area (Å²) in [6.45, 7) is 1.34. The molecule has 1 aromatic heterocycles. The van der Waals surface area contributed by atoms with Crippen LogP contribution in [-0.4, -0.2) is 44.7 Å². The number of nitrogens with zero attached hydrogens (tertiary/aromatic N) is 1. The summed E-state index contributed by atoms with van der Waals surface area (Å²) in [4.78, 5) is 4.41. The van der Waals surface area contributed by atoms with Gasteiger partial charge in [0.1, 0.15) is 13.3 Å². The van der Waals surface area contributed by atoms with E-state index in [0.29, 0.717) is 32.3 Å². The van der Waals surface area contributed by atoms with Crippen molar-refractivity contribution in [3.63, 3.8) is 0 Å². The third-order valence-corrected chi connectivity index (χ3v) is 3.19. The minimum Gasteiger partial charge on any atom is -0.475 e. The molecular weight excluding hydrogens is 341 g/mol. The van der Waals surface area contributed by atoms with Gasteiger partial charge in [-0.2, -0.15) is 0 Å². The van der Waals surface area contributed by atoms with Crippen LogP contribution in [0.1, 0.15) is 0 Å². The molecule has 0 aliphatic rings. The Morgan fingerprint density at radius 2 is 1.71 bits per heavy atom. The van der Waals surface area contributed by atoms with Crippen molar-refractivity contribution in [2.75, 3.05) is 39.7 Å². The summed E-state index contributed by atoms with van der Waals surface area (Å²) >= 11 is 3.43. The summed E-state index contributed by atoms with van der Waals surface area (Å²) in [6, 6.07) is 9.69. The minimum atomic E-state index is -0.465. The first-order valence-corrected chi connectivity index (χ1v) is 7.49. The van der Waals surface area contributed by atoms with E-state index in [4.69, 9.17) is 14.2 Å². The largest absolute Gasteiger partial charge is 0.475 e. The molecule has 0 aliphatic heterocycles. The van der Waals surface area contributed by atoms with Crippen molar-refractivity contribution in [2.24, 2.45) is 0 Å². The van der Waals surface area contributed by atoms with Crippen LogP contribution in [0.15, 0.2) is 34.8 Å². The first-order valence-electron chi connectivity index (χ1n) is 6.70. The molecule has 0 saturated heterocycles. The van der Waals surface area contributed by atoms with Gasteiger partial charge < -0.3 is 14.2 Å². The van der Waals surface area contributed by atoms with Crippen molar-refractivity contribution in [3.05, 3.63) is 34.8 Å². The second-order valence-corrected chi connectivity index (χ2v) is 5.16. The number of hydrogen-bond acceptors (Lipinski definition) is 4. The molecule has 0 saturated carbocycles. The molecule has 0 unspecified atom stereocenters. The van der Waals surface area contributed by atoms with Crippen LogP contribution < -0.4 is 4.74 Å². The van der Waals surface area contributed by atoms with Crippen molar-refractivity contribution in [2.45, 2.75) is 0 Å². The maximum Gasteiger partial charge on any atom is 0.213 e. The lowest BCUT2D eigenvalue weighted by atomic mass is 10.2. The number of rotatable bonds is 9. The monoisotopic (exact) mass is 357 g/mol. The standard InChI is InChI=1S/C15H17BrFNO3/c16-13-2-3-14-12(11-13)1-4-15(18-14)21-10-9-20-8-7-19-6-5-17/h1-4,11H,5-10H2. The van der Waals surface area contributed by atoms with E-state index in [1.165, 1.54) is 0 Å². The van der Waals surface area contributed by atoms with Crippen LogP contribution in [0.25, 0.3) is 10.9 Å². The number of pyridine rings is 1. The highest BCUT2D eigenvalue weighted by molar-refractivity contribution is 9.10. The highest BCUT2D eigenvalue weighted by Gasteiger charge is 2.00. The van der Waals surface area contributed by atoms with Crippen molar-refractivity contribution < 1.29 is 18.6 Å². The molecule has 0 atom stereocenters. The van der Waals surface area contributed by atoms with E-state index < -0.39 is 6.67 Å². The van der Waals surface area contributed by atoms with E-state index in [1.54, 1.807) is 0 Å². The summed E-state index contributed by atoms with van der Waals surface area (Å²) in [5, 5.41) is 1.05. The zero-order chi connectivity index (χ0) is 14.9. The Labute approximate surface area is 131 Å². The molecule has 0 amide bonds. The molecule has 0 radical (unpaired) electrons. The Balaban J connectivity index is 1.70. The predicted octanol–water partition coefficient (Wildman–Crippen LogP) is 3.38. The van der Waals surface area contributed by atoms with Crippen molar-refractivity contribution in [1.29, 1.82) is 0 Å². The molecule has 114 valence electrons. The summed E-state index contributed by atoms with van der Waals surface area (Å²) in [6.07, 6.45) is 0. The highest BCUT2D eigenvalue weighted by atomic mass is 79.9. The van der Waals surface area contributed by atoms with Gasteiger partial charge in [0.05, 0.1) is 31.9 Å². The van der Waals surface area contributed by atoms with Crippen molar-refractivity contribution in [1.82, 2.24) is 4.98 Å². The van der Waals surface area contributed by atoms with Crippen molar-refractivity contribution in [3.8, 4) is 5.88 Å². The average molecular weight is 358 g/mol. The normalized spacial score (nSPS) is 11.0. The van der Waals surface area contributed by atoms with Gasteiger partial charge in [0, 0.05) is 15.9 Å². The number of benzene rings is 1. The Bertz CT molecular complexity index is 568. The molecule has 2 rings (SSSR count). The maximum atomic E-state index is 11.7. The van der Waals surface area contributed by atoms with Crippen molar-refractivity contribution >= 4 is 26.8 Å². The van der Waals surface area contributed by atoms with Gasteiger partial charge in [-0.05, 0) is 24.3 Å². The number of alkyl halides is 1. The lowest BCUT2D eigenvalue weighted by Gasteiger charge is -2.07. The molecule has 1 heterocycles. The first kappa shape index (κ1) is 16.1. The fraction of sp³-hybridized carbons (Fsp3) is 0.400. The van der Waals surface area contributed by atoms with E-state index in [-0.39, 0.29) is 6.61 Å². The molecule has 0 N–H and O–H groups in total. The first-order chi connectivity index (χ1) is 10.3. The summed E-state index contributed by atoms with van der Waals surface area (Å²) in [5.41, 5.74) is 0.885. The molecule has 0 fully saturated rings. The highest BCUT2D eigenvalue weighted by Crippen LogP contribution is 2.20. The maximum absolute atomic E-state index is 11.7. The Morgan fingerprint density at radius 1 is 0.952 bits per heavy atom. The molecule has 0 aliphatic carbocycles. The number of hydrogen-bond donors (Lipinski definition) is 0. The molecule has 6 heteroatoms. The van der Waals surface area contributed by atoms with Gasteiger partial charge in [0.25, 0.3) is 0 Å². The SMILES string of the molecule is FCCOCCOCCOc1ccc2cc(Br)ccc2n1. The Kier molecular flexibility index (Phi) is 6.85. The van der Waals surface area contributed by atoms with E-state index in [2.05, 4.69) is 20.9 Å². The molecule has 0 spiro atoms. The second kappa shape index (κ2) is 8.92. The van der Waals surface area contributed by atoms with E-state index in [1.807, 2.05) is 30.3 Å². The predicted molar refractivity (Wildman–Crippen MR) is 82.6 cm³/mol. The van der Waals surface area contributed by atoms with Crippen LogP contribution >= 0.6 is 15.9 Å². The third-order valence-electron chi connectivity index (χ3n) is 2.70. The zero-order valence-corrected chi connectivity index (χ0v) is 13.1. The van der Waals surface area contributed by atoms with Gasteiger partial charge in [0.2, 0.25) is 5.88 Å². The Morgan fingerprint density at radius 3 is 2.52 bits per heavy atom. The zero-order valence-electron chi connectivity index (χ0n) is 11.6. The number of aromatic nitrogens is 1. The summed E-state index contributed by atoms with van der Waals surface area (Å²) in [7, 11) is 0. The fourth-order valence-corrected chi connectivity index (χ4v) is 2.12. The smallest absolute Gasteiger partial charge is 0.213 e. The van der Waals surface area contributed by atoms with Gasteiger partial charge in [-0.15, -0.1) is 0 Å². The number of halogens is 2. The molecule has 1 aromatic carbocycles. The molecule has 0 bridgehead atoms. The van der Waals surface area contributed by atoms with Gasteiger partial charge in [-0.25, -0.2) is 9.37 Å². The fourth-order valence-electron chi connectivity index (χ4n) is 1.74.